The van der Waals surface area contributed by atoms with Crippen molar-refractivity contribution in [3.63, 3.8) is 0 Å². The lowest BCUT2D eigenvalue weighted by atomic mass is 10.4. The van der Waals surface area contributed by atoms with Gasteiger partial charge in [-0.1, -0.05) is 0 Å². The molecule has 0 aliphatic heterocycles. The van der Waals surface area contributed by atoms with Gasteiger partial charge in [-0.25, -0.2) is 0 Å². The molecule has 0 saturated heterocycles. The molecular formula is C6H11NO4S. The third kappa shape index (κ3) is 5.99. The number of thioether (sulfide) groups is 1. The van der Waals surface area contributed by atoms with Gasteiger partial charge < -0.3 is 15.9 Å². The summed E-state index contributed by atoms with van der Waals surface area (Å²) in [6, 6.07) is -0.899. The van der Waals surface area contributed by atoms with E-state index in [1.165, 1.54) is 11.8 Å². The molecule has 0 aliphatic rings. The lowest BCUT2D eigenvalue weighted by Crippen LogP contribution is -2.32. The Bertz CT molecular complexity index is 173. The van der Waals surface area contributed by atoms with Crippen LogP contribution in [0, 0.1) is 0 Å². The van der Waals surface area contributed by atoms with Gasteiger partial charge in [0, 0.05) is 11.5 Å². The van der Waals surface area contributed by atoms with E-state index in [1.807, 2.05) is 0 Å². The molecule has 70 valence electrons. The Kier molecular flexibility index (Phi) is 5.48. The molecule has 0 amide bonds. The molecule has 0 radical (unpaired) electrons. The van der Waals surface area contributed by atoms with Crippen molar-refractivity contribution >= 4 is 23.7 Å². The highest BCUT2D eigenvalue weighted by atomic mass is 32.2. The Hall–Kier alpha value is -0.750. The molecule has 12 heavy (non-hydrogen) atoms. The first-order valence-corrected chi connectivity index (χ1v) is 4.47. The lowest BCUT2D eigenvalue weighted by molar-refractivity contribution is -0.138. The van der Waals surface area contributed by atoms with E-state index in [9.17, 15) is 9.59 Å². The van der Waals surface area contributed by atoms with E-state index in [-0.39, 0.29) is 12.2 Å². The quantitative estimate of drug-likeness (QED) is 0.496. The molecule has 0 spiro atoms. The van der Waals surface area contributed by atoms with Crippen LogP contribution in [-0.4, -0.2) is 39.7 Å². The Labute approximate surface area is 73.9 Å². The smallest absolute Gasteiger partial charge is 0.321 e. The van der Waals surface area contributed by atoms with Crippen molar-refractivity contribution in [3.8, 4) is 0 Å². The largest absolute Gasteiger partial charge is 0.481 e. The number of carboxylic acids is 2. The minimum atomic E-state index is -1.06. The Morgan fingerprint density at radius 2 is 2.00 bits per heavy atom. The third-order valence-electron chi connectivity index (χ3n) is 1.07. The summed E-state index contributed by atoms with van der Waals surface area (Å²) in [7, 11) is 0. The van der Waals surface area contributed by atoms with Crippen LogP contribution in [-0.2, 0) is 9.59 Å². The van der Waals surface area contributed by atoms with Gasteiger partial charge in [0.25, 0.3) is 0 Å². The van der Waals surface area contributed by atoms with Crippen molar-refractivity contribution in [2.45, 2.75) is 12.5 Å². The fourth-order valence-corrected chi connectivity index (χ4v) is 1.32. The van der Waals surface area contributed by atoms with Gasteiger partial charge in [-0.15, -0.1) is 0 Å². The molecule has 6 heteroatoms. The summed E-state index contributed by atoms with van der Waals surface area (Å²) in [4.78, 5) is 20.2. The molecule has 0 saturated carbocycles. The van der Waals surface area contributed by atoms with Crippen LogP contribution in [0.4, 0.5) is 0 Å². The standard InChI is InChI=1S/C6H11NO4S/c7-4(6(10)11)3-12-2-1-5(8)9/h4H,1-3,7H2,(H,8,9)(H,10,11). The number of carboxylic acid groups (broad SMARTS) is 2. The van der Waals surface area contributed by atoms with Gasteiger partial charge in [0.2, 0.25) is 0 Å². The average Bonchev–Trinajstić information content (AvgIpc) is 1.97. The van der Waals surface area contributed by atoms with E-state index in [1.54, 1.807) is 0 Å². The molecule has 5 nitrogen and oxygen atoms in total. The Morgan fingerprint density at radius 3 is 2.42 bits per heavy atom. The average molecular weight is 193 g/mol. The summed E-state index contributed by atoms with van der Waals surface area (Å²) in [5, 5.41) is 16.6. The highest BCUT2D eigenvalue weighted by Crippen LogP contribution is 2.03. The molecule has 0 heterocycles. The van der Waals surface area contributed by atoms with E-state index in [4.69, 9.17) is 15.9 Å². The zero-order valence-electron chi connectivity index (χ0n) is 6.40. The summed E-state index contributed by atoms with van der Waals surface area (Å²) in [5.41, 5.74) is 5.17. The molecule has 4 N–H and O–H groups in total. The number of nitrogens with two attached hydrogens (primary N) is 1. The number of hydrogen-bond acceptors (Lipinski definition) is 4. The summed E-state index contributed by atoms with van der Waals surface area (Å²) in [6.45, 7) is 0. The second kappa shape index (κ2) is 5.84. The van der Waals surface area contributed by atoms with Crippen molar-refractivity contribution in [2.75, 3.05) is 11.5 Å². The Morgan fingerprint density at radius 1 is 1.42 bits per heavy atom. The van der Waals surface area contributed by atoms with Crippen LogP contribution in [0.2, 0.25) is 0 Å². The summed E-state index contributed by atoms with van der Waals surface area (Å²) in [5.74, 6) is -1.29. The predicted octanol–water partition coefficient (Wildman–Crippen LogP) is -0.394. The van der Waals surface area contributed by atoms with Crippen LogP contribution in [0.1, 0.15) is 6.42 Å². The van der Waals surface area contributed by atoms with Gasteiger partial charge in [0.1, 0.15) is 6.04 Å². The van der Waals surface area contributed by atoms with E-state index < -0.39 is 18.0 Å². The number of aliphatic carboxylic acids is 2. The normalized spacial score (nSPS) is 12.4. The maximum atomic E-state index is 10.2. The molecule has 0 fully saturated rings. The third-order valence-corrected chi connectivity index (χ3v) is 2.16. The number of rotatable bonds is 6. The minimum Gasteiger partial charge on any atom is -0.481 e. The topological polar surface area (TPSA) is 101 Å². The maximum Gasteiger partial charge on any atom is 0.321 e. The molecule has 0 aromatic rings. The van der Waals surface area contributed by atoms with Crippen molar-refractivity contribution in [3.05, 3.63) is 0 Å². The second-order valence-electron chi connectivity index (χ2n) is 2.16. The van der Waals surface area contributed by atoms with Gasteiger partial charge in [0.15, 0.2) is 0 Å². The predicted molar refractivity (Wildman–Crippen MR) is 45.2 cm³/mol. The van der Waals surface area contributed by atoms with E-state index in [2.05, 4.69) is 0 Å². The summed E-state index contributed by atoms with van der Waals surface area (Å²) in [6.07, 6.45) is 0.0387. The van der Waals surface area contributed by atoms with Crippen molar-refractivity contribution in [2.24, 2.45) is 5.73 Å². The molecule has 0 bridgehead atoms. The van der Waals surface area contributed by atoms with Crippen LogP contribution in [0.15, 0.2) is 0 Å². The van der Waals surface area contributed by atoms with Crippen molar-refractivity contribution in [1.82, 2.24) is 0 Å². The van der Waals surface area contributed by atoms with Gasteiger partial charge in [0.05, 0.1) is 6.42 Å². The van der Waals surface area contributed by atoms with Crippen LogP contribution < -0.4 is 5.73 Å². The summed E-state index contributed by atoms with van der Waals surface area (Å²) >= 11 is 1.23. The SMILES string of the molecule is NC(CSCCC(=O)O)C(=O)O. The van der Waals surface area contributed by atoms with Crippen LogP contribution in [0.25, 0.3) is 0 Å². The second-order valence-corrected chi connectivity index (χ2v) is 3.31. The van der Waals surface area contributed by atoms with E-state index in [0.29, 0.717) is 5.75 Å². The van der Waals surface area contributed by atoms with Gasteiger partial charge in [-0.05, 0) is 0 Å². The van der Waals surface area contributed by atoms with E-state index >= 15 is 0 Å². The van der Waals surface area contributed by atoms with E-state index in [0.717, 1.165) is 0 Å². The van der Waals surface area contributed by atoms with Crippen molar-refractivity contribution < 1.29 is 19.8 Å². The first-order valence-electron chi connectivity index (χ1n) is 3.32. The maximum absolute atomic E-state index is 10.2. The fraction of sp³-hybridized carbons (Fsp3) is 0.667. The molecule has 1 atom stereocenters. The minimum absolute atomic E-state index is 0.0387. The van der Waals surface area contributed by atoms with Crippen LogP contribution in [0.5, 0.6) is 0 Å². The summed E-state index contributed by atoms with van der Waals surface area (Å²) < 4.78 is 0. The number of carbonyl (C=O) groups is 2. The first kappa shape index (κ1) is 11.2. The molecule has 1 unspecified atom stereocenters. The first-order chi connectivity index (χ1) is 5.54. The molecule has 0 aliphatic carbocycles. The molecule has 0 rings (SSSR count). The highest BCUT2D eigenvalue weighted by molar-refractivity contribution is 7.99. The van der Waals surface area contributed by atoms with Gasteiger partial charge >= 0.3 is 11.9 Å². The number of hydrogen-bond donors (Lipinski definition) is 3. The fourth-order valence-electron chi connectivity index (χ4n) is 0.441. The zero-order valence-corrected chi connectivity index (χ0v) is 7.21. The van der Waals surface area contributed by atoms with Gasteiger partial charge in [-0.3, -0.25) is 9.59 Å². The highest BCUT2D eigenvalue weighted by Gasteiger charge is 2.10. The lowest BCUT2D eigenvalue weighted by Gasteiger charge is -2.03. The Balaban J connectivity index is 3.31. The molecule has 0 aromatic carbocycles. The van der Waals surface area contributed by atoms with Crippen molar-refractivity contribution in [1.29, 1.82) is 0 Å². The van der Waals surface area contributed by atoms with Crippen LogP contribution in [0.3, 0.4) is 0 Å². The van der Waals surface area contributed by atoms with Gasteiger partial charge in [-0.2, -0.15) is 11.8 Å². The monoisotopic (exact) mass is 193 g/mol. The molecular weight excluding hydrogens is 182 g/mol. The van der Waals surface area contributed by atoms with Crippen LogP contribution >= 0.6 is 11.8 Å². The zero-order chi connectivity index (χ0) is 9.56. The molecule has 0 aromatic heterocycles.